The van der Waals surface area contributed by atoms with E-state index in [0.29, 0.717) is 28.5 Å². The third-order valence-corrected chi connectivity index (χ3v) is 5.86. The maximum Gasteiger partial charge on any atom is 0.358 e. The second-order valence-corrected chi connectivity index (χ2v) is 8.24. The summed E-state index contributed by atoms with van der Waals surface area (Å²) < 4.78 is 5.10. The Morgan fingerprint density at radius 2 is 1.72 bits per heavy atom. The number of hydrogen-bond donors (Lipinski definition) is 0. The summed E-state index contributed by atoms with van der Waals surface area (Å²) in [6.45, 7) is 4.18. The molecule has 4 aromatic rings. The highest BCUT2D eigenvalue weighted by Gasteiger charge is 2.26. The van der Waals surface area contributed by atoms with Crippen molar-refractivity contribution in [3.05, 3.63) is 82.6 Å². The molecule has 0 aliphatic carbocycles. The fraction of sp³-hybridized carbons (Fsp3) is 0.208. The van der Waals surface area contributed by atoms with Crippen molar-refractivity contribution in [1.29, 1.82) is 0 Å². The van der Waals surface area contributed by atoms with Crippen LogP contribution in [0.3, 0.4) is 0 Å². The van der Waals surface area contributed by atoms with Crippen molar-refractivity contribution in [2.75, 3.05) is 18.1 Å². The van der Waals surface area contributed by atoms with Gasteiger partial charge in [-0.05, 0) is 38.0 Å². The van der Waals surface area contributed by atoms with Crippen LogP contribution in [0.4, 0.5) is 5.13 Å². The van der Waals surface area contributed by atoms with Gasteiger partial charge < -0.3 is 4.74 Å². The number of fused-ring (bicyclic) bond motifs is 1. The molecule has 0 fully saturated rings. The molecule has 2 heterocycles. The molecule has 2 aromatic heterocycles. The van der Waals surface area contributed by atoms with E-state index in [9.17, 15) is 9.59 Å². The quantitative estimate of drug-likeness (QED) is 0.390. The third kappa shape index (κ3) is 4.65. The highest BCUT2D eigenvalue weighted by Crippen LogP contribution is 2.28. The van der Waals surface area contributed by atoms with Crippen LogP contribution in [0.15, 0.2) is 60.8 Å². The van der Waals surface area contributed by atoms with Gasteiger partial charge >= 0.3 is 5.97 Å². The van der Waals surface area contributed by atoms with Gasteiger partial charge in [0.05, 0.1) is 23.8 Å². The zero-order chi connectivity index (χ0) is 22.5. The molecule has 4 rings (SSSR count). The van der Waals surface area contributed by atoms with Gasteiger partial charge in [-0.2, -0.15) is 0 Å². The summed E-state index contributed by atoms with van der Waals surface area (Å²) in [7, 11) is 0. The number of anilines is 1. The summed E-state index contributed by atoms with van der Waals surface area (Å²) in [6, 6.07) is 17.3. The molecule has 0 aliphatic heterocycles. The number of nitrogens with zero attached hydrogens (tertiary/aromatic N) is 4. The van der Waals surface area contributed by atoms with Crippen molar-refractivity contribution in [3.8, 4) is 0 Å². The fourth-order valence-electron chi connectivity index (χ4n) is 3.25. The first-order chi connectivity index (χ1) is 15.6. The average Bonchev–Trinajstić information content (AvgIpc) is 3.21. The molecule has 0 spiro atoms. The minimum Gasteiger partial charge on any atom is -0.461 e. The second kappa shape index (κ2) is 9.65. The molecule has 1 amide bonds. The van der Waals surface area contributed by atoms with Gasteiger partial charge in [0, 0.05) is 11.4 Å². The van der Waals surface area contributed by atoms with Gasteiger partial charge in [-0.15, -0.1) is 11.3 Å². The van der Waals surface area contributed by atoms with Crippen LogP contribution < -0.4 is 4.90 Å². The third-order valence-electron chi connectivity index (χ3n) is 4.86. The highest BCUT2D eigenvalue weighted by atomic mass is 32.1. The smallest absolute Gasteiger partial charge is 0.358 e. The number of carbonyl (C=O) groups is 2. The number of carbonyl (C=O) groups excluding carboxylic acids is 2. The van der Waals surface area contributed by atoms with E-state index in [1.165, 1.54) is 17.5 Å². The first-order valence-electron chi connectivity index (χ1n) is 10.3. The first-order valence-corrected chi connectivity index (χ1v) is 11.1. The number of ether oxygens (including phenoxy) is 1. The first kappa shape index (κ1) is 21.6. The predicted molar refractivity (Wildman–Crippen MR) is 124 cm³/mol. The average molecular weight is 447 g/mol. The van der Waals surface area contributed by atoms with Gasteiger partial charge in [-0.25, -0.2) is 14.8 Å². The van der Waals surface area contributed by atoms with Crippen LogP contribution in [0.5, 0.6) is 0 Å². The standard InChI is InChI=1S/C24H22N4O3S/c1-3-31-23(30)21-16(2)32-24(27-21)28(14-13-17-9-5-4-6-10-17)22(29)20-15-25-18-11-7-8-12-19(18)26-20/h4-12,15H,3,13-14H2,1-2H3. The van der Waals surface area contributed by atoms with Crippen molar-refractivity contribution in [1.82, 2.24) is 15.0 Å². The molecule has 0 saturated carbocycles. The van der Waals surface area contributed by atoms with E-state index in [1.807, 2.05) is 54.6 Å². The largest absolute Gasteiger partial charge is 0.461 e. The highest BCUT2D eigenvalue weighted by molar-refractivity contribution is 7.16. The van der Waals surface area contributed by atoms with E-state index in [-0.39, 0.29) is 23.9 Å². The summed E-state index contributed by atoms with van der Waals surface area (Å²) in [5, 5.41) is 0.432. The van der Waals surface area contributed by atoms with Crippen molar-refractivity contribution in [3.63, 3.8) is 0 Å². The number of hydrogen-bond acceptors (Lipinski definition) is 7. The van der Waals surface area contributed by atoms with E-state index < -0.39 is 5.97 Å². The summed E-state index contributed by atoms with van der Waals surface area (Å²) in [6.07, 6.45) is 2.11. The Balaban J connectivity index is 1.68. The lowest BCUT2D eigenvalue weighted by atomic mass is 10.1. The Hall–Kier alpha value is -3.65. The molecule has 0 saturated heterocycles. The molecular weight excluding hydrogens is 424 g/mol. The van der Waals surface area contributed by atoms with Crippen molar-refractivity contribution >= 4 is 39.4 Å². The van der Waals surface area contributed by atoms with Crippen LogP contribution in [0, 0.1) is 6.92 Å². The molecule has 0 unspecified atom stereocenters. The Morgan fingerprint density at radius 1 is 1.00 bits per heavy atom. The lowest BCUT2D eigenvalue weighted by molar-refractivity contribution is 0.0519. The topological polar surface area (TPSA) is 85.3 Å². The summed E-state index contributed by atoms with van der Waals surface area (Å²) in [5.41, 5.74) is 2.91. The van der Waals surface area contributed by atoms with Gasteiger partial charge in [-0.3, -0.25) is 14.7 Å². The second-order valence-electron chi connectivity index (χ2n) is 7.06. The number of esters is 1. The van der Waals surface area contributed by atoms with E-state index >= 15 is 0 Å². The van der Waals surface area contributed by atoms with E-state index in [0.717, 1.165) is 11.1 Å². The number of para-hydroxylation sites is 2. The van der Waals surface area contributed by atoms with Crippen molar-refractivity contribution in [2.24, 2.45) is 0 Å². The minimum atomic E-state index is -0.492. The Morgan fingerprint density at radius 3 is 2.47 bits per heavy atom. The minimum absolute atomic E-state index is 0.224. The van der Waals surface area contributed by atoms with Gasteiger partial charge in [-0.1, -0.05) is 42.5 Å². The zero-order valence-corrected chi connectivity index (χ0v) is 18.6. The Kier molecular flexibility index (Phi) is 6.51. The van der Waals surface area contributed by atoms with Crippen LogP contribution in [0.2, 0.25) is 0 Å². The molecule has 0 N–H and O–H groups in total. The molecule has 8 heteroatoms. The van der Waals surface area contributed by atoms with Crippen LogP contribution in [-0.4, -0.2) is 40.0 Å². The number of aryl methyl sites for hydroxylation is 1. The molecule has 7 nitrogen and oxygen atoms in total. The summed E-state index contributed by atoms with van der Waals surface area (Å²) in [4.78, 5) is 41.3. The number of rotatable bonds is 7. The van der Waals surface area contributed by atoms with Crippen LogP contribution in [0.25, 0.3) is 11.0 Å². The molecule has 0 aliphatic rings. The zero-order valence-electron chi connectivity index (χ0n) is 17.8. The molecule has 2 aromatic carbocycles. The van der Waals surface area contributed by atoms with Crippen molar-refractivity contribution in [2.45, 2.75) is 20.3 Å². The van der Waals surface area contributed by atoms with E-state index in [2.05, 4.69) is 15.0 Å². The van der Waals surface area contributed by atoms with Gasteiger partial charge in [0.2, 0.25) is 0 Å². The lowest BCUT2D eigenvalue weighted by Gasteiger charge is -2.19. The molecule has 32 heavy (non-hydrogen) atoms. The molecule has 0 atom stereocenters. The lowest BCUT2D eigenvalue weighted by Crippen LogP contribution is -2.33. The van der Waals surface area contributed by atoms with Gasteiger partial charge in [0.15, 0.2) is 10.8 Å². The number of thiazole rings is 1. The number of amides is 1. The maximum absolute atomic E-state index is 13.5. The normalized spacial score (nSPS) is 10.8. The molecule has 162 valence electrons. The Bertz CT molecular complexity index is 1260. The number of benzene rings is 2. The fourth-order valence-corrected chi connectivity index (χ4v) is 4.18. The monoisotopic (exact) mass is 446 g/mol. The van der Waals surface area contributed by atoms with Gasteiger partial charge in [0.1, 0.15) is 5.69 Å². The molecule has 0 radical (unpaired) electrons. The molecular formula is C24H22N4O3S. The number of aromatic nitrogens is 3. The van der Waals surface area contributed by atoms with E-state index in [4.69, 9.17) is 4.74 Å². The van der Waals surface area contributed by atoms with Gasteiger partial charge in [0.25, 0.3) is 5.91 Å². The molecule has 0 bridgehead atoms. The summed E-state index contributed by atoms with van der Waals surface area (Å²) in [5.74, 6) is -0.809. The SMILES string of the molecule is CCOC(=O)c1nc(N(CCc2ccccc2)C(=O)c2cnc3ccccc3n2)sc1C. The van der Waals surface area contributed by atoms with Crippen molar-refractivity contribution < 1.29 is 14.3 Å². The summed E-state index contributed by atoms with van der Waals surface area (Å²) >= 11 is 1.28. The van der Waals surface area contributed by atoms with Crippen LogP contribution in [0.1, 0.15) is 38.3 Å². The van der Waals surface area contributed by atoms with E-state index in [1.54, 1.807) is 18.7 Å². The van der Waals surface area contributed by atoms with Crippen LogP contribution >= 0.6 is 11.3 Å². The maximum atomic E-state index is 13.5. The van der Waals surface area contributed by atoms with Crippen LogP contribution in [-0.2, 0) is 11.2 Å². The Labute approximate surface area is 189 Å². The predicted octanol–water partition coefficient (Wildman–Crippen LogP) is 4.46.